The first-order valence-electron chi connectivity index (χ1n) is 3.74. The summed E-state index contributed by atoms with van der Waals surface area (Å²) in [7, 11) is 1.38. The predicted molar refractivity (Wildman–Crippen MR) is 48.6 cm³/mol. The van der Waals surface area contributed by atoms with Gasteiger partial charge in [0, 0.05) is 0 Å². The molecule has 0 unspecified atom stereocenters. The molecule has 0 spiro atoms. The normalized spacial score (nSPS) is 10.2. The standard InChI is InChI=1S/C9H10ClFO2/c1-5-3-7(10)9(13-2)6(4-12)8(5)11/h3,12H,4H2,1-2H3. The van der Waals surface area contributed by atoms with Crippen LogP contribution in [0.1, 0.15) is 11.1 Å². The number of benzene rings is 1. The Morgan fingerprint density at radius 3 is 2.69 bits per heavy atom. The number of aliphatic hydroxyl groups excluding tert-OH is 1. The molecule has 2 nitrogen and oxygen atoms in total. The molecule has 0 aromatic heterocycles. The van der Waals surface area contributed by atoms with Crippen LogP contribution < -0.4 is 4.74 Å². The minimum absolute atomic E-state index is 0.104. The van der Waals surface area contributed by atoms with Gasteiger partial charge in [-0.05, 0) is 18.6 Å². The molecule has 0 fully saturated rings. The number of halogens is 2. The quantitative estimate of drug-likeness (QED) is 0.801. The number of aliphatic hydroxyl groups is 1. The monoisotopic (exact) mass is 204 g/mol. The van der Waals surface area contributed by atoms with Crippen molar-refractivity contribution in [1.82, 2.24) is 0 Å². The molecule has 0 saturated carbocycles. The number of ether oxygens (including phenoxy) is 1. The molecule has 72 valence electrons. The zero-order valence-corrected chi connectivity index (χ0v) is 8.15. The van der Waals surface area contributed by atoms with Gasteiger partial charge in [-0.25, -0.2) is 4.39 Å². The van der Waals surface area contributed by atoms with Crippen molar-refractivity contribution in [1.29, 1.82) is 0 Å². The molecule has 13 heavy (non-hydrogen) atoms. The topological polar surface area (TPSA) is 29.5 Å². The average Bonchev–Trinajstić information content (AvgIpc) is 2.10. The zero-order valence-electron chi connectivity index (χ0n) is 7.40. The summed E-state index contributed by atoms with van der Waals surface area (Å²) in [5.74, 6) is -0.268. The molecule has 0 heterocycles. The molecule has 0 radical (unpaired) electrons. The minimum Gasteiger partial charge on any atom is -0.495 e. The van der Waals surface area contributed by atoms with Crippen LogP contribution in [0.2, 0.25) is 5.02 Å². The predicted octanol–water partition coefficient (Wildman–Crippen LogP) is 2.29. The van der Waals surface area contributed by atoms with Crippen LogP contribution in [0.15, 0.2) is 6.07 Å². The summed E-state index contributed by atoms with van der Waals surface area (Å²) in [6.07, 6.45) is 0. The molecule has 0 atom stereocenters. The first kappa shape index (κ1) is 10.3. The van der Waals surface area contributed by atoms with Crippen molar-refractivity contribution >= 4 is 11.6 Å². The molecular formula is C9H10ClFO2. The Labute approximate surface area is 80.9 Å². The fourth-order valence-electron chi connectivity index (χ4n) is 1.16. The smallest absolute Gasteiger partial charge is 0.145 e. The second-order valence-corrected chi connectivity index (χ2v) is 3.07. The van der Waals surface area contributed by atoms with Gasteiger partial charge in [-0.15, -0.1) is 0 Å². The van der Waals surface area contributed by atoms with Crippen molar-refractivity contribution in [2.45, 2.75) is 13.5 Å². The molecule has 0 bridgehead atoms. The van der Waals surface area contributed by atoms with Crippen LogP contribution in [0.4, 0.5) is 4.39 Å². The number of rotatable bonds is 2. The first-order chi connectivity index (χ1) is 6.11. The SMILES string of the molecule is COc1c(Cl)cc(C)c(F)c1CO. The molecule has 1 N–H and O–H groups in total. The number of hydrogen-bond donors (Lipinski definition) is 1. The molecule has 0 aliphatic carbocycles. The molecule has 0 amide bonds. The number of aryl methyl sites for hydroxylation is 1. The Bertz CT molecular complexity index is 326. The Hall–Kier alpha value is -0.800. The Morgan fingerprint density at radius 2 is 2.23 bits per heavy atom. The van der Waals surface area contributed by atoms with Crippen LogP contribution >= 0.6 is 11.6 Å². The van der Waals surface area contributed by atoms with Gasteiger partial charge >= 0.3 is 0 Å². The van der Waals surface area contributed by atoms with Crippen LogP contribution in [0.3, 0.4) is 0 Å². The molecule has 1 aromatic carbocycles. The molecule has 1 aromatic rings. The van der Waals surface area contributed by atoms with E-state index < -0.39 is 12.4 Å². The van der Waals surface area contributed by atoms with Gasteiger partial charge in [-0.1, -0.05) is 11.6 Å². The fraction of sp³-hybridized carbons (Fsp3) is 0.333. The second-order valence-electron chi connectivity index (χ2n) is 2.66. The molecule has 1 rings (SSSR count). The average molecular weight is 205 g/mol. The number of methoxy groups -OCH3 is 1. The summed E-state index contributed by atoms with van der Waals surface area (Å²) in [6, 6.07) is 1.47. The van der Waals surface area contributed by atoms with E-state index in [1.165, 1.54) is 13.2 Å². The van der Waals surface area contributed by atoms with Crippen LogP contribution in [0, 0.1) is 12.7 Å². The fourth-order valence-corrected chi connectivity index (χ4v) is 1.52. The van der Waals surface area contributed by atoms with E-state index in [1.54, 1.807) is 6.92 Å². The van der Waals surface area contributed by atoms with Gasteiger partial charge < -0.3 is 9.84 Å². The van der Waals surface area contributed by atoms with E-state index in [2.05, 4.69) is 0 Å². The Kier molecular flexibility index (Phi) is 3.12. The van der Waals surface area contributed by atoms with E-state index in [-0.39, 0.29) is 11.3 Å². The van der Waals surface area contributed by atoms with Gasteiger partial charge in [0.25, 0.3) is 0 Å². The largest absolute Gasteiger partial charge is 0.495 e. The van der Waals surface area contributed by atoms with Gasteiger partial charge in [0.05, 0.1) is 24.3 Å². The first-order valence-corrected chi connectivity index (χ1v) is 4.12. The van der Waals surface area contributed by atoms with Gasteiger partial charge in [0.2, 0.25) is 0 Å². The molecule has 0 aliphatic rings. The van der Waals surface area contributed by atoms with Crippen molar-refractivity contribution < 1.29 is 14.2 Å². The third-order valence-corrected chi connectivity index (χ3v) is 2.09. The van der Waals surface area contributed by atoms with Gasteiger partial charge in [-0.3, -0.25) is 0 Å². The van der Waals surface area contributed by atoms with Crippen molar-refractivity contribution in [2.24, 2.45) is 0 Å². The van der Waals surface area contributed by atoms with Crippen molar-refractivity contribution in [3.05, 3.63) is 28.0 Å². The Balaban J connectivity index is 3.41. The maximum Gasteiger partial charge on any atom is 0.145 e. The van der Waals surface area contributed by atoms with Gasteiger partial charge in [0.15, 0.2) is 0 Å². The third kappa shape index (κ3) is 1.76. The molecule has 0 aliphatic heterocycles. The van der Waals surface area contributed by atoms with E-state index in [4.69, 9.17) is 21.4 Å². The molecule has 0 saturated heterocycles. The van der Waals surface area contributed by atoms with Gasteiger partial charge in [0.1, 0.15) is 11.6 Å². The highest BCUT2D eigenvalue weighted by Gasteiger charge is 2.14. The maximum atomic E-state index is 13.3. The van der Waals surface area contributed by atoms with Crippen LogP contribution in [0.25, 0.3) is 0 Å². The second kappa shape index (κ2) is 3.94. The lowest BCUT2D eigenvalue weighted by atomic mass is 10.1. The van der Waals surface area contributed by atoms with E-state index in [1.807, 2.05) is 0 Å². The lowest BCUT2D eigenvalue weighted by Crippen LogP contribution is -1.99. The van der Waals surface area contributed by atoms with Crippen LogP contribution in [-0.4, -0.2) is 12.2 Å². The summed E-state index contributed by atoms with van der Waals surface area (Å²) < 4.78 is 18.2. The van der Waals surface area contributed by atoms with Crippen molar-refractivity contribution in [3.63, 3.8) is 0 Å². The minimum atomic E-state index is -0.469. The van der Waals surface area contributed by atoms with Crippen LogP contribution in [-0.2, 0) is 6.61 Å². The highest BCUT2D eigenvalue weighted by atomic mass is 35.5. The highest BCUT2D eigenvalue weighted by Crippen LogP contribution is 2.32. The lowest BCUT2D eigenvalue weighted by molar-refractivity contribution is 0.266. The lowest BCUT2D eigenvalue weighted by Gasteiger charge is -2.10. The highest BCUT2D eigenvalue weighted by molar-refractivity contribution is 6.32. The van der Waals surface area contributed by atoms with Crippen molar-refractivity contribution in [3.8, 4) is 5.75 Å². The maximum absolute atomic E-state index is 13.3. The third-order valence-electron chi connectivity index (χ3n) is 1.81. The molecule has 4 heteroatoms. The zero-order chi connectivity index (χ0) is 10.0. The summed E-state index contributed by atoms with van der Waals surface area (Å²) in [6.45, 7) is 1.16. The summed E-state index contributed by atoms with van der Waals surface area (Å²) in [5, 5.41) is 9.21. The molecular weight excluding hydrogens is 195 g/mol. The van der Waals surface area contributed by atoms with E-state index in [0.29, 0.717) is 10.6 Å². The summed E-state index contributed by atoms with van der Waals surface area (Å²) >= 11 is 5.78. The summed E-state index contributed by atoms with van der Waals surface area (Å²) in [4.78, 5) is 0. The van der Waals surface area contributed by atoms with E-state index >= 15 is 0 Å². The van der Waals surface area contributed by atoms with E-state index in [0.717, 1.165) is 0 Å². The van der Waals surface area contributed by atoms with Gasteiger partial charge in [-0.2, -0.15) is 0 Å². The van der Waals surface area contributed by atoms with Crippen LogP contribution in [0.5, 0.6) is 5.75 Å². The summed E-state index contributed by atoms with van der Waals surface area (Å²) in [5.41, 5.74) is 0.502. The van der Waals surface area contributed by atoms with Crippen molar-refractivity contribution in [2.75, 3.05) is 7.11 Å². The Morgan fingerprint density at radius 1 is 1.62 bits per heavy atom. The number of hydrogen-bond acceptors (Lipinski definition) is 2. The van der Waals surface area contributed by atoms with E-state index in [9.17, 15) is 4.39 Å².